The second-order valence-electron chi connectivity index (χ2n) is 7.80. The van der Waals surface area contributed by atoms with Crippen LogP contribution in [0.1, 0.15) is 28.8 Å². The zero-order chi connectivity index (χ0) is 22.3. The Morgan fingerprint density at radius 3 is 2.41 bits per heavy atom. The van der Waals surface area contributed by atoms with E-state index in [-0.39, 0.29) is 17.5 Å². The molecule has 3 unspecified atom stereocenters. The van der Waals surface area contributed by atoms with Crippen LogP contribution in [0.15, 0.2) is 77.8 Å². The molecule has 1 aromatic heterocycles. The Kier molecular flexibility index (Phi) is 5.17. The average molecular weight is 456 g/mol. The number of benzene rings is 2. The maximum Gasteiger partial charge on any atom is 0.573 e. The number of halogens is 3. The molecule has 0 saturated heterocycles. The van der Waals surface area contributed by atoms with E-state index in [9.17, 15) is 18.0 Å². The first-order valence-corrected chi connectivity index (χ1v) is 11.0. The van der Waals surface area contributed by atoms with Gasteiger partial charge < -0.3 is 15.4 Å². The molecular weight excluding hydrogens is 437 g/mol. The van der Waals surface area contributed by atoms with Crippen molar-refractivity contribution in [3.05, 3.63) is 88.3 Å². The highest BCUT2D eigenvalue weighted by Gasteiger charge is 2.40. The smallest absolute Gasteiger partial charge is 0.406 e. The number of fused-ring (bicyclic) bond motifs is 2. The molecule has 2 aliphatic rings. The molecular formula is C24H19F3N2O2S. The fourth-order valence-corrected chi connectivity index (χ4v) is 5.14. The molecule has 2 aromatic carbocycles. The van der Waals surface area contributed by atoms with E-state index in [1.807, 2.05) is 41.8 Å². The minimum absolute atomic E-state index is 0.00489. The molecule has 32 heavy (non-hydrogen) atoms. The average Bonchev–Trinajstić information content (AvgIpc) is 3.22. The first-order valence-electron chi connectivity index (χ1n) is 10.1. The number of hydrogen-bond donors (Lipinski definition) is 2. The van der Waals surface area contributed by atoms with Crippen LogP contribution >= 0.6 is 11.3 Å². The van der Waals surface area contributed by atoms with Crippen LogP contribution in [0.5, 0.6) is 5.75 Å². The van der Waals surface area contributed by atoms with Gasteiger partial charge in [0.2, 0.25) is 0 Å². The van der Waals surface area contributed by atoms with Gasteiger partial charge in [-0.2, -0.15) is 0 Å². The fraction of sp³-hybridized carbons (Fsp3) is 0.208. The van der Waals surface area contributed by atoms with Crippen molar-refractivity contribution in [2.75, 3.05) is 10.6 Å². The Labute approximate surface area is 186 Å². The van der Waals surface area contributed by atoms with E-state index >= 15 is 0 Å². The van der Waals surface area contributed by atoms with E-state index in [1.165, 1.54) is 12.1 Å². The van der Waals surface area contributed by atoms with Crippen LogP contribution in [0.2, 0.25) is 0 Å². The Bertz CT molecular complexity index is 1160. The summed E-state index contributed by atoms with van der Waals surface area (Å²) in [6, 6.07) is 16.9. The van der Waals surface area contributed by atoms with Crippen LogP contribution in [0.3, 0.4) is 0 Å². The van der Waals surface area contributed by atoms with Crippen molar-refractivity contribution >= 4 is 28.5 Å². The molecule has 0 spiro atoms. The number of rotatable bonds is 3. The van der Waals surface area contributed by atoms with E-state index in [0.717, 1.165) is 21.9 Å². The van der Waals surface area contributed by atoms with Crippen molar-refractivity contribution in [3.8, 4) is 5.75 Å². The summed E-state index contributed by atoms with van der Waals surface area (Å²) in [6.07, 6.45) is -2.27. The van der Waals surface area contributed by atoms with Gasteiger partial charge in [0, 0.05) is 22.9 Å². The van der Waals surface area contributed by atoms with Gasteiger partial charge in [0.05, 0.1) is 23.3 Å². The van der Waals surface area contributed by atoms with Gasteiger partial charge in [0.1, 0.15) is 11.5 Å². The minimum Gasteiger partial charge on any atom is -0.406 e. The van der Waals surface area contributed by atoms with Crippen LogP contribution in [0, 0.1) is 5.92 Å². The zero-order valence-electron chi connectivity index (χ0n) is 16.7. The lowest BCUT2D eigenvalue weighted by molar-refractivity contribution is -0.274. The van der Waals surface area contributed by atoms with Crippen molar-refractivity contribution in [1.29, 1.82) is 0 Å². The Morgan fingerprint density at radius 1 is 0.969 bits per heavy atom. The number of anilines is 2. The summed E-state index contributed by atoms with van der Waals surface area (Å²) in [5.74, 6) is -0.714. The summed E-state index contributed by atoms with van der Waals surface area (Å²) < 4.78 is 41.6. The molecule has 5 rings (SSSR count). The van der Waals surface area contributed by atoms with E-state index in [2.05, 4.69) is 21.4 Å². The van der Waals surface area contributed by atoms with Gasteiger partial charge in [-0.3, -0.25) is 4.79 Å². The van der Waals surface area contributed by atoms with Gasteiger partial charge in [-0.15, -0.1) is 24.5 Å². The first kappa shape index (κ1) is 20.6. The van der Waals surface area contributed by atoms with E-state index in [0.29, 0.717) is 12.0 Å². The fourth-order valence-electron chi connectivity index (χ4n) is 4.34. The van der Waals surface area contributed by atoms with Gasteiger partial charge in [-0.1, -0.05) is 36.4 Å². The molecule has 1 aliphatic heterocycles. The van der Waals surface area contributed by atoms with Crippen LogP contribution < -0.4 is 15.4 Å². The molecule has 2 heterocycles. The quantitative estimate of drug-likeness (QED) is 0.474. The maximum absolute atomic E-state index is 13.4. The molecule has 2 N–H and O–H groups in total. The zero-order valence-corrected chi connectivity index (χ0v) is 17.5. The Morgan fingerprint density at radius 2 is 1.72 bits per heavy atom. The number of ether oxygens (including phenoxy) is 1. The number of alkyl halides is 3. The normalized spacial score (nSPS) is 22.5. The Hall–Kier alpha value is -3.26. The molecule has 8 heteroatoms. The molecule has 0 saturated carbocycles. The highest BCUT2D eigenvalue weighted by Crippen LogP contribution is 2.45. The van der Waals surface area contributed by atoms with Gasteiger partial charge >= 0.3 is 6.36 Å². The lowest BCUT2D eigenvalue weighted by atomic mass is 9.78. The molecule has 3 atom stereocenters. The van der Waals surface area contributed by atoms with Crippen LogP contribution in [0.4, 0.5) is 24.5 Å². The van der Waals surface area contributed by atoms with Gasteiger partial charge in [0.15, 0.2) is 0 Å². The highest BCUT2D eigenvalue weighted by atomic mass is 32.1. The number of Topliss-reactive ketones (excluding diaryl/α,β-unsaturated/α-hetero) is 1. The SMILES string of the molecule is O=C1CC(c2cccs2)C=C2Nc3ccccc3NC(c3ccc(OC(F)(F)F)cc3)C12. The van der Waals surface area contributed by atoms with Crippen molar-refractivity contribution < 1.29 is 22.7 Å². The van der Waals surface area contributed by atoms with Crippen LogP contribution in [-0.2, 0) is 4.79 Å². The molecule has 4 nitrogen and oxygen atoms in total. The third kappa shape index (κ3) is 4.10. The summed E-state index contributed by atoms with van der Waals surface area (Å²) >= 11 is 1.62. The van der Waals surface area contributed by atoms with Gasteiger partial charge in [0.25, 0.3) is 0 Å². The lowest BCUT2D eigenvalue weighted by Crippen LogP contribution is -2.33. The highest BCUT2D eigenvalue weighted by molar-refractivity contribution is 7.10. The van der Waals surface area contributed by atoms with Gasteiger partial charge in [-0.25, -0.2) is 0 Å². The summed E-state index contributed by atoms with van der Waals surface area (Å²) in [5, 5.41) is 8.87. The van der Waals surface area contributed by atoms with Crippen molar-refractivity contribution in [2.45, 2.75) is 24.7 Å². The first-order chi connectivity index (χ1) is 15.4. The van der Waals surface area contributed by atoms with Gasteiger partial charge in [-0.05, 0) is 41.3 Å². The van der Waals surface area contributed by atoms with Crippen molar-refractivity contribution in [3.63, 3.8) is 0 Å². The van der Waals surface area contributed by atoms with Crippen LogP contribution in [0.25, 0.3) is 0 Å². The number of para-hydroxylation sites is 2. The summed E-state index contributed by atoms with van der Waals surface area (Å²) in [6.45, 7) is 0. The van der Waals surface area contributed by atoms with E-state index in [4.69, 9.17) is 0 Å². The number of carbonyl (C=O) groups is 1. The minimum atomic E-state index is -4.75. The summed E-state index contributed by atoms with van der Waals surface area (Å²) in [7, 11) is 0. The maximum atomic E-state index is 13.4. The summed E-state index contributed by atoms with van der Waals surface area (Å²) in [4.78, 5) is 14.5. The predicted octanol–water partition coefficient (Wildman–Crippen LogP) is 6.48. The number of ketones is 1. The van der Waals surface area contributed by atoms with E-state index in [1.54, 1.807) is 23.5 Å². The van der Waals surface area contributed by atoms with Crippen molar-refractivity contribution in [2.24, 2.45) is 5.92 Å². The third-order valence-corrected chi connectivity index (χ3v) is 6.72. The molecule has 3 aromatic rings. The number of carbonyl (C=O) groups excluding carboxylic acids is 1. The lowest BCUT2D eigenvalue weighted by Gasteiger charge is -2.32. The summed E-state index contributed by atoms with van der Waals surface area (Å²) in [5.41, 5.74) is 3.18. The molecule has 164 valence electrons. The molecule has 1 aliphatic carbocycles. The second-order valence-corrected chi connectivity index (χ2v) is 8.78. The monoisotopic (exact) mass is 456 g/mol. The molecule has 0 amide bonds. The molecule has 0 radical (unpaired) electrons. The Balaban J connectivity index is 1.55. The number of allylic oxidation sites excluding steroid dienone is 1. The topological polar surface area (TPSA) is 50.4 Å². The standard InChI is InChI=1S/C24H19F3N2O2S/c25-24(26,27)31-16-9-7-14(8-10-16)23-22-19(28-17-4-1-2-5-18(17)29-23)12-15(13-20(22)30)21-6-3-11-32-21/h1-12,15,22-23,28-29H,13H2. The predicted molar refractivity (Wildman–Crippen MR) is 118 cm³/mol. The number of nitrogens with one attached hydrogen (secondary N) is 2. The second kappa shape index (κ2) is 8.02. The number of hydrogen-bond acceptors (Lipinski definition) is 5. The number of thiophene rings is 1. The van der Waals surface area contributed by atoms with E-state index < -0.39 is 18.3 Å². The molecule has 0 bridgehead atoms. The molecule has 0 fully saturated rings. The third-order valence-electron chi connectivity index (χ3n) is 5.72. The van der Waals surface area contributed by atoms with Crippen molar-refractivity contribution in [1.82, 2.24) is 0 Å². The van der Waals surface area contributed by atoms with Crippen LogP contribution in [-0.4, -0.2) is 12.1 Å². The largest absolute Gasteiger partial charge is 0.573 e.